The maximum atomic E-state index is 12.1. The minimum absolute atomic E-state index is 0.207. The van der Waals surface area contributed by atoms with Gasteiger partial charge in [0.25, 0.3) is 0 Å². The van der Waals surface area contributed by atoms with E-state index in [-0.39, 0.29) is 12.3 Å². The molecule has 1 aromatic rings. The minimum atomic E-state index is -0.805. The first-order valence-electron chi connectivity index (χ1n) is 7.93. The van der Waals surface area contributed by atoms with Gasteiger partial charge in [0, 0.05) is 13.5 Å². The van der Waals surface area contributed by atoms with Crippen LogP contribution in [0.5, 0.6) is 0 Å². The summed E-state index contributed by atoms with van der Waals surface area (Å²) in [5.41, 5.74) is 0.381. The van der Waals surface area contributed by atoms with Crippen molar-refractivity contribution in [1.29, 1.82) is 0 Å². The molecular formula is C18H26N2O4. The molecule has 1 N–H and O–H groups in total. The van der Waals surface area contributed by atoms with Crippen molar-refractivity contribution >= 4 is 17.9 Å². The highest BCUT2D eigenvalue weighted by atomic mass is 16.6. The zero-order chi connectivity index (χ0) is 18.3. The quantitative estimate of drug-likeness (QED) is 0.898. The van der Waals surface area contributed by atoms with Gasteiger partial charge in [-0.1, -0.05) is 30.3 Å². The Bertz CT molecular complexity index is 578. The van der Waals surface area contributed by atoms with E-state index in [1.54, 1.807) is 27.7 Å². The van der Waals surface area contributed by atoms with Gasteiger partial charge in [0.1, 0.15) is 11.6 Å². The fourth-order valence-electron chi connectivity index (χ4n) is 1.87. The van der Waals surface area contributed by atoms with Crippen LogP contribution in [0.25, 0.3) is 0 Å². The molecule has 0 saturated heterocycles. The topological polar surface area (TPSA) is 75.7 Å². The molecule has 1 aromatic carbocycles. The SMILES string of the molecule is C[C@H](C(=O)NC(=O)CCc1ccccc1)N(C)C(=O)OC(C)(C)C. The molecule has 132 valence electrons. The van der Waals surface area contributed by atoms with Crippen molar-refractivity contribution in [3.63, 3.8) is 0 Å². The number of rotatable bonds is 5. The Kier molecular flexibility index (Phi) is 6.95. The van der Waals surface area contributed by atoms with E-state index in [0.29, 0.717) is 6.42 Å². The van der Waals surface area contributed by atoms with Gasteiger partial charge in [-0.3, -0.25) is 19.8 Å². The molecule has 0 unspecified atom stereocenters. The van der Waals surface area contributed by atoms with E-state index < -0.39 is 23.6 Å². The molecule has 6 nitrogen and oxygen atoms in total. The van der Waals surface area contributed by atoms with E-state index in [9.17, 15) is 14.4 Å². The number of carbonyl (C=O) groups excluding carboxylic acids is 3. The first-order chi connectivity index (χ1) is 11.1. The first kappa shape index (κ1) is 19.7. The lowest BCUT2D eigenvalue weighted by Gasteiger charge is -2.27. The highest BCUT2D eigenvalue weighted by Crippen LogP contribution is 2.11. The second kappa shape index (κ2) is 8.47. The van der Waals surface area contributed by atoms with Crippen molar-refractivity contribution in [2.24, 2.45) is 0 Å². The van der Waals surface area contributed by atoms with Crippen molar-refractivity contribution in [2.45, 2.75) is 52.2 Å². The largest absolute Gasteiger partial charge is 0.444 e. The number of nitrogens with one attached hydrogen (secondary N) is 1. The average molecular weight is 334 g/mol. The normalized spacial score (nSPS) is 12.2. The summed E-state index contributed by atoms with van der Waals surface area (Å²) in [6.07, 6.45) is 0.149. The van der Waals surface area contributed by atoms with Crippen LogP contribution < -0.4 is 5.32 Å². The van der Waals surface area contributed by atoms with Gasteiger partial charge in [0.15, 0.2) is 0 Å². The van der Waals surface area contributed by atoms with Crippen LogP contribution in [0, 0.1) is 0 Å². The van der Waals surface area contributed by atoms with Gasteiger partial charge in [0.05, 0.1) is 0 Å². The van der Waals surface area contributed by atoms with E-state index in [4.69, 9.17) is 4.74 Å². The molecule has 0 aliphatic rings. The monoisotopic (exact) mass is 334 g/mol. The molecular weight excluding hydrogens is 308 g/mol. The van der Waals surface area contributed by atoms with Crippen LogP contribution in [0.15, 0.2) is 30.3 Å². The number of ether oxygens (including phenoxy) is 1. The summed E-state index contributed by atoms with van der Waals surface area (Å²) >= 11 is 0. The molecule has 0 heterocycles. The zero-order valence-electron chi connectivity index (χ0n) is 15.0. The number of imide groups is 1. The van der Waals surface area contributed by atoms with Crippen LogP contribution in [-0.2, 0) is 20.7 Å². The number of hydrogen-bond donors (Lipinski definition) is 1. The Labute approximate surface area is 143 Å². The van der Waals surface area contributed by atoms with Crippen molar-refractivity contribution in [3.8, 4) is 0 Å². The highest BCUT2D eigenvalue weighted by molar-refractivity contribution is 5.98. The number of nitrogens with zero attached hydrogens (tertiary/aromatic N) is 1. The van der Waals surface area contributed by atoms with Gasteiger partial charge in [-0.2, -0.15) is 0 Å². The van der Waals surface area contributed by atoms with Crippen LogP contribution >= 0.6 is 0 Å². The van der Waals surface area contributed by atoms with E-state index in [1.165, 1.54) is 11.9 Å². The van der Waals surface area contributed by atoms with Gasteiger partial charge in [-0.15, -0.1) is 0 Å². The number of aryl methyl sites for hydroxylation is 1. The fourth-order valence-corrected chi connectivity index (χ4v) is 1.87. The van der Waals surface area contributed by atoms with Gasteiger partial charge in [-0.25, -0.2) is 4.79 Å². The molecule has 0 aromatic heterocycles. The van der Waals surface area contributed by atoms with E-state index in [2.05, 4.69) is 5.32 Å². The van der Waals surface area contributed by atoms with E-state index >= 15 is 0 Å². The summed E-state index contributed by atoms with van der Waals surface area (Å²) in [7, 11) is 1.47. The van der Waals surface area contributed by atoms with Crippen LogP contribution in [0.2, 0.25) is 0 Å². The summed E-state index contributed by atoms with van der Waals surface area (Å²) in [5, 5.41) is 2.32. The molecule has 0 bridgehead atoms. The number of likely N-dealkylation sites (N-methyl/N-ethyl adjacent to an activating group) is 1. The summed E-state index contributed by atoms with van der Waals surface area (Å²) < 4.78 is 5.20. The van der Waals surface area contributed by atoms with Crippen molar-refractivity contribution in [1.82, 2.24) is 10.2 Å². The molecule has 0 radical (unpaired) electrons. The molecule has 0 aliphatic carbocycles. The third-order valence-corrected chi connectivity index (χ3v) is 3.39. The van der Waals surface area contributed by atoms with Crippen molar-refractivity contribution < 1.29 is 19.1 Å². The predicted molar refractivity (Wildman–Crippen MR) is 91.4 cm³/mol. The minimum Gasteiger partial charge on any atom is -0.444 e. The second-order valence-electron chi connectivity index (χ2n) is 6.67. The number of hydrogen-bond acceptors (Lipinski definition) is 4. The lowest BCUT2D eigenvalue weighted by atomic mass is 10.1. The second-order valence-corrected chi connectivity index (χ2v) is 6.67. The molecule has 0 fully saturated rings. The predicted octanol–water partition coefficient (Wildman–Crippen LogP) is 2.52. The molecule has 24 heavy (non-hydrogen) atoms. The van der Waals surface area contributed by atoms with Crippen molar-refractivity contribution in [3.05, 3.63) is 35.9 Å². The van der Waals surface area contributed by atoms with E-state index in [1.807, 2.05) is 30.3 Å². The summed E-state index contributed by atoms with van der Waals surface area (Å²) in [6.45, 7) is 6.79. The van der Waals surface area contributed by atoms with Gasteiger partial charge in [-0.05, 0) is 39.7 Å². The Morgan fingerprint density at radius 2 is 1.75 bits per heavy atom. The Morgan fingerprint density at radius 1 is 1.17 bits per heavy atom. The maximum absolute atomic E-state index is 12.1. The van der Waals surface area contributed by atoms with Crippen LogP contribution in [0.1, 0.15) is 39.7 Å². The number of benzene rings is 1. The fraction of sp³-hybridized carbons (Fsp3) is 0.500. The van der Waals surface area contributed by atoms with Crippen LogP contribution in [0.4, 0.5) is 4.79 Å². The third-order valence-electron chi connectivity index (χ3n) is 3.39. The maximum Gasteiger partial charge on any atom is 0.410 e. The third kappa shape index (κ3) is 6.81. The van der Waals surface area contributed by atoms with Crippen LogP contribution in [0.3, 0.4) is 0 Å². The molecule has 6 heteroatoms. The molecule has 3 amide bonds. The zero-order valence-corrected chi connectivity index (χ0v) is 15.0. The lowest BCUT2D eigenvalue weighted by molar-refractivity contribution is -0.133. The number of carbonyl (C=O) groups is 3. The van der Waals surface area contributed by atoms with Crippen molar-refractivity contribution in [2.75, 3.05) is 7.05 Å². The Hall–Kier alpha value is -2.37. The average Bonchev–Trinajstić information content (AvgIpc) is 2.50. The van der Waals surface area contributed by atoms with Crippen LogP contribution in [-0.4, -0.2) is 41.5 Å². The van der Waals surface area contributed by atoms with E-state index in [0.717, 1.165) is 5.56 Å². The first-order valence-corrected chi connectivity index (χ1v) is 7.93. The Morgan fingerprint density at radius 3 is 2.29 bits per heavy atom. The smallest absolute Gasteiger partial charge is 0.410 e. The standard InChI is InChI=1S/C18H26N2O4/c1-13(20(5)17(23)24-18(2,3)4)16(22)19-15(21)12-11-14-9-7-6-8-10-14/h6-10,13H,11-12H2,1-5H3,(H,19,21,22)/t13-/m1/s1. The molecule has 1 rings (SSSR count). The molecule has 0 saturated carbocycles. The highest BCUT2D eigenvalue weighted by Gasteiger charge is 2.27. The summed E-state index contributed by atoms with van der Waals surface area (Å²) in [4.78, 5) is 37.1. The Balaban J connectivity index is 2.47. The van der Waals surface area contributed by atoms with Gasteiger partial charge in [0.2, 0.25) is 11.8 Å². The summed E-state index contributed by atoms with van der Waals surface area (Å²) in [6, 6.07) is 8.75. The summed E-state index contributed by atoms with van der Waals surface area (Å²) in [5.74, 6) is -0.894. The van der Waals surface area contributed by atoms with Gasteiger partial charge < -0.3 is 4.74 Å². The molecule has 0 aliphatic heterocycles. The van der Waals surface area contributed by atoms with Gasteiger partial charge >= 0.3 is 6.09 Å². The molecule has 1 atom stereocenters. The number of amides is 3. The lowest BCUT2D eigenvalue weighted by Crippen LogP contribution is -2.48. The molecule has 0 spiro atoms.